The molecular formula is C48H82. The van der Waals surface area contributed by atoms with E-state index >= 15 is 0 Å². The molecule has 8 aliphatic carbocycles. The van der Waals surface area contributed by atoms with Crippen molar-refractivity contribution in [2.24, 2.45) is 117 Å². The van der Waals surface area contributed by atoms with Gasteiger partial charge in [-0.25, -0.2) is 0 Å². The van der Waals surface area contributed by atoms with E-state index in [0.29, 0.717) is 16.2 Å². The lowest BCUT2D eigenvalue weighted by Gasteiger charge is -2.61. The average molecular weight is 659 g/mol. The normalized spacial score (nSPS) is 53.3. The predicted octanol–water partition coefficient (Wildman–Crippen LogP) is 14.1. The summed E-state index contributed by atoms with van der Waals surface area (Å²) in [5.41, 5.74) is 1.67. The van der Waals surface area contributed by atoms with Crippen molar-refractivity contribution in [3.05, 3.63) is 0 Å². The van der Waals surface area contributed by atoms with Gasteiger partial charge in [-0.2, -0.15) is 0 Å². The van der Waals surface area contributed by atoms with E-state index in [1.807, 2.05) is 0 Å². The second-order valence-electron chi connectivity index (χ2n) is 22.1. The fourth-order valence-corrected chi connectivity index (χ4v) is 18.4. The topological polar surface area (TPSA) is 0 Å². The molecule has 0 aliphatic heterocycles. The Morgan fingerprint density at radius 3 is 1.77 bits per heavy atom. The minimum Gasteiger partial charge on any atom is -0.0649 e. The van der Waals surface area contributed by atoms with Crippen molar-refractivity contribution in [2.45, 2.75) is 184 Å². The first-order valence-electron chi connectivity index (χ1n) is 23.0. The monoisotopic (exact) mass is 659 g/mol. The molecular weight excluding hydrogens is 577 g/mol. The highest BCUT2D eigenvalue weighted by atomic mass is 14.8. The zero-order valence-electron chi connectivity index (χ0n) is 33.7. The van der Waals surface area contributed by atoms with Crippen LogP contribution in [0.5, 0.6) is 0 Å². The van der Waals surface area contributed by atoms with E-state index in [1.165, 1.54) is 32.1 Å². The van der Waals surface area contributed by atoms with E-state index in [2.05, 4.69) is 62.3 Å². The molecule has 0 saturated heterocycles. The zero-order chi connectivity index (χ0) is 33.7. The number of hydrogen-bond donors (Lipinski definition) is 0. The van der Waals surface area contributed by atoms with Crippen LogP contribution in [0.25, 0.3) is 0 Å². The molecule has 0 bridgehead atoms. The van der Waals surface area contributed by atoms with E-state index in [4.69, 9.17) is 0 Å². The first-order valence-corrected chi connectivity index (χ1v) is 23.0. The molecule has 0 aromatic heterocycles. The lowest BCUT2D eigenvalue weighted by atomic mass is 9.44. The molecule has 0 amide bonds. The minimum absolute atomic E-state index is 0.519. The van der Waals surface area contributed by atoms with Crippen LogP contribution in [-0.4, -0.2) is 0 Å². The second-order valence-corrected chi connectivity index (χ2v) is 22.1. The van der Waals surface area contributed by atoms with Crippen LogP contribution < -0.4 is 0 Å². The van der Waals surface area contributed by atoms with E-state index < -0.39 is 0 Å². The van der Waals surface area contributed by atoms with Gasteiger partial charge in [-0.1, -0.05) is 107 Å². The van der Waals surface area contributed by atoms with Gasteiger partial charge in [0.1, 0.15) is 0 Å². The third kappa shape index (κ3) is 5.11. The highest BCUT2D eigenvalue weighted by Crippen LogP contribution is 2.78. The Bertz CT molecular complexity index is 1100. The van der Waals surface area contributed by atoms with E-state index in [1.54, 1.807) is 89.9 Å². The average Bonchev–Trinajstić information content (AvgIpc) is 3.60. The smallest absolute Gasteiger partial charge is 0.0227 e. The minimum atomic E-state index is 0.519. The SMILES string of the molecule is CCC(C)(CC)C1CC(C(C)(CC)CC)CC2(C1)C1CCC3CC4C5CCCCC5CCC4C3C1C1CC(C)C3C(C)CC(C)CC3C12. The predicted molar refractivity (Wildman–Crippen MR) is 205 cm³/mol. The maximum atomic E-state index is 2.79. The Hall–Kier alpha value is 0. The summed E-state index contributed by atoms with van der Waals surface area (Å²) in [4.78, 5) is 0. The van der Waals surface area contributed by atoms with Crippen LogP contribution in [0, 0.1) is 117 Å². The van der Waals surface area contributed by atoms with Crippen molar-refractivity contribution in [2.75, 3.05) is 0 Å². The van der Waals surface area contributed by atoms with Crippen LogP contribution in [0.4, 0.5) is 0 Å². The van der Waals surface area contributed by atoms with Gasteiger partial charge in [0.15, 0.2) is 0 Å². The highest BCUT2D eigenvalue weighted by molar-refractivity contribution is 5.19. The molecule has 0 radical (unpaired) electrons. The fraction of sp³-hybridized carbons (Fsp3) is 1.00. The molecule has 274 valence electrons. The van der Waals surface area contributed by atoms with Crippen molar-refractivity contribution in [3.8, 4) is 0 Å². The molecule has 8 fully saturated rings. The van der Waals surface area contributed by atoms with Gasteiger partial charge in [-0.15, -0.1) is 0 Å². The van der Waals surface area contributed by atoms with Crippen molar-refractivity contribution in [1.82, 2.24) is 0 Å². The lowest BCUT2D eigenvalue weighted by Crippen LogP contribution is -2.54. The van der Waals surface area contributed by atoms with Gasteiger partial charge in [-0.3, -0.25) is 0 Å². The summed E-state index contributed by atoms with van der Waals surface area (Å²) in [5, 5.41) is 0. The van der Waals surface area contributed by atoms with E-state index in [9.17, 15) is 0 Å². The first kappa shape index (κ1) is 35.1. The number of rotatable bonds is 6. The molecule has 8 saturated carbocycles. The molecule has 17 atom stereocenters. The molecule has 1 spiro atoms. The van der Waals surface area contributed by atoms with Gasteiger partial charge in [0.2, 0.25) is 0 Å². The molecule has 0 aromatic carbocycles. The Morgan fingerprint density at radius 1 is 0.500 bits per heavy atom. The first-order chi connectivity index (χ1) is 23.0. The van der Waals surface area contributed by atoms with Crippen LogP contribution in [0.1, 0.15) is 184 Å². The largest absolute Gasteiger partial charge is 0.0649 e. The number of fused-ring (bicyclic) bond motifs is 13. The zero-order valence-corrected chi connectivity index (χ0v) is 33.7. The Kier molecular flexibility index (Phi) is 9.38. The van der Waals surface area contributed by atoms with Crippen molar-refractivity contribution in [3.63, 3.8) is 0 Å². The molecule has 8 aliphatic rings. The van der Waals surface area contributed by atoms with Crippen molar-refractivity contribution < 1.29 is 0 Å². The summed E-state index contributed by atoms with van der Waals surface area (Å²) in [6.07, 6.45) is 29.5. The van der Waals surface area contributed by atoms with Crippen LogP contribution >= 0.6 is 0 Å². The van der Waals surface area contributed by atoms with Gasteiger partial charge >= 0.3 is 0 Å². The Balaban J connectivity index is 1.26. The number of hydrogen-bond acceptors (Lipinski definition) is 0. The molecule has 0 aromatic rings. The molecule has 0 N–H and O–H groups in total. The van der Waals surface area contributed by atoms with Crippen molar-refractivity contribution in [1.29, 1.82) is 0 Å². The summed E-state index contributed by atoms with van der Waals surface area (Å²) in [5.74, 6) is 17.7. The van der Waals surface area contributed by atoms with E-state index in [0.717, 1.165) is 101 Å². The molecule has 0 nitrogen and oxygen atoms in total. The summed E-state index contributed by atoms with van der Waals surface area (Å²) >= 11 is 0. The Morgan fingerprint density at radius 2 is 1.10 bits per heavy atom. The van der Waals surface area contributed by atoms with Gasteiger partial charge in [-0.05, 0) is 194 Å². The van der Waals surface area contributed by atoms with Crippen LogP contribution in [-0.2, 0) is 0 Å². The molecule has 8 rings (SSSR count). The highest BCUT2D eigenvalue weighted by Gasteiger charge is 2.71. The quantitative estimate of drug-likeness (QED) is 0.266. The van der Waals surface area contributed by atoms with Crippen LogP contribution in [0.2, 0.25) is 0 Å². The molecule has 0 heterocycles. The Labute approximate surface area is 300 Å². The van der Waals surface area contributed by atoms with Gasteiger partial charge < -0.3 is 0 Å². The third-order valence-electron chi connectivity index (χ3n) is 21.1. The molecule has 48 heavy (non-hydrogen) atoms. The van der Waals surface area contributed by atoms with Gasteiger partial charge in [0, 0.05) is 0 Å². The van der Waals surface area contributed by atoms with Crippen LogP contribution in [0.3, 0.4) is 0 Å². The molecule has 17 unspecified atom stereocenters. The summed E-state index contributed by atoms with van der Waals surface area (Å²) < 4.78 is 0. The lowest BCUT2D eigenvalue weighted by molar-refractivity contribution is -0.124. The van der Waals surface area contributed by atoms with Crippen LogP contribution in [0.15, 0.2) is 0 Å². The van der Waals surface area contributed by atoms with Crippen molar-refractivity contribution >= 4 is 0 Å². The fourth-order valence-electron chi connectivity index (χ4n) is 18.4. The maximum Gasteiger partial charge on any atom is -0.0227 e. The standard InChI is InChI=1S/C48H82/c1-10-46(8,11-2)34-26-35(47(9,12-3)13-4)28-48(27-34)41-21-19-33-25-38-36-17-15-14-16-32(36)18-20-37(38)43(33)44(41)40-24-31(7)42-30(6)22-29(5)23-39(42)45(40)48/h29-45H,10-28H2,1-9H3. The summed E-state index contributed by atoms with van der Waals surface area (Å²) in [6.45, 7) is 24.0. The summed E-state index contributed by atoms with van der Waals surface area (Å²) in [6, 6.07) is 0. The van der Waals surface area contributed by atoms with Gasteiger partial charge in [0.05, 0.1) is 0 Å². The third-order valence-corrected chi connectivity index (χ3v) is 21.1. The molecule has 0 heteroatoms. The summed E-state index contributed by atoms with van der Waals surface area (Å²) in [7, 11) is 0. The van der Waals surface area contributed by atoms with E-state index in [-0.39, 0.29) is 0 Å². The van der Waals surface area contributed by atoms with Gasteiger partial charge in [0.25, 0.3) is 0 Å². The second kappa shape index (κ2) is 12.8. The maximum absolute atomic E-state index is 2.79.